The molecule has 1 aromatic heterocycles. The van der Waals surface area contributed by atoms with Crippen molar-refractivity contribution in [3.63, 3.8) is 0 Å². The molecular weight excluding hydrogens is 362 g/mol. The molecule has 0 radical (unpaired) electrons. The molecule has 5 heteroatoms. The largest absolute Gasteiger partial charge is 0.467 e. The van der Waals surface area contributed by atoms with E-state index in [4.69, 9.17) is 4.42 Å². The van der Waals surface area contributed by atoms with Gasteiger partial charge in [0, 0.05) is 26.2 Å². The Kier molecular flexibility index (Phi) is 6.39. The molecule has 1 aliphatic rings. The summed E-state index contributed by atoms with van der Waals surface area (Å²) in [5, 5.41) is 2.93. The highest BCUT2D eigenvalue weighted by Crippen LogP contribution is 2.29. The molecule has 4 rings (SSSR count). The molecule has 0 unspecified atom stereocenters. The summed E-state index contributed by atoms with van der Waals surface area (Å²) in [6.45, 7) is 4.49. The van der Waals surface area contributed by atoms with E-state index in [-0.39, 0.29) is 11.9 Å². The lowest BCUT2D eigenvalue weighted by Gasteiger charge is -2.39. The first kappa shape index (κ1) is 19.4. The first-order chi connectivity index (χ1) is 14.3. The van der Waals surface area contributed by atoms with Crippen molar-refractivity contribution in [1.29, 1.82) is 0 Å². The molecule has 1 aliphatic heterocycles. The van der Waals surface area contributed by atoms with Crippen LogP contribution in [0.2, 0.25) is 0 Å². The van der Waals surface area contributed by atoms with Crippen LogP contribution >= 0.6 is 0 Å². The number of benzene rings is 2. The lowest BCUT2D eigenvalue weighted by molar-refractivity contribution is -0.123. The van der Waals surface area contributed by atoms with Gasteiger partial charge in [-0.05, 0) is 23.3 Å². The third-order valence-corrected chi connectivity index (χ3v) is 5.41. The second-order valence-corrected chi connectivity index (χ2v) is 7.39. The summed E-state index contributed by atoms with van der Waals surface area (Å²) in [7, 11) is 0. The molecule has 2 aromatic carbocycles. The highest BCUT2D eigenvalue weighted by molar-refractivity contribution is 5.77. The van der Waals surface area contributed by atoms with Gasteiger partial charge >= 0.3 is 0 Å². The molecule has 0 bridgehead atoms. The standard InChI is InChI=1S/C24H27N3O2/c28-23(25-18-22-12-7-17-29-22)19-26-13-15-27(16-14-26)24(20-8-3-1-4-9-20)21-10-5-2-6-11-21/h1-12,17,24H,13-16,18-19H2,(H,25,28). The van der Waals surface area contributed by atoms with Crippen LogP contribution < -0.4 is 5.32 Å². The zero-order valence-corrected chi connectivity index (χ0v) is 16.5. The zero-order valence-electron chi connectivity index (χ0n) is 16.5. The van der Waals surface area contributed by atoms with E-state index in [2.05, 4.69) is 75.8 Å². The van der Waals surface area contributed by atoms with E-state index in [0.717, 1.165) is 31.9 Å². The van der Waals surface area contributed by atoms with Crippen LogP contribution in [-0.2, 0) is 11.3 Å². The van der Waals surface area contributed by atoms with Crippen LogP contribution in [0.1, 0.15) is 22.9 Å². The molecule has 0 aliphatic carbocycles. The molecule has 29 heavy (non-hydrogen) atoms. The maximum absolute atomic E-state index is 12.3. The normalized spacial score (nSPS) is 15.5. The minimum atomic E-state index is 0.0394. The molecule has 3 aromatic rings. The second kappa shape index (κ2) is 9.54. The van der Waals surface area contributed by atoms with E-state index >= 15 is 0 Å². The van der Waals surface area contributed by atoms with Crippen molar-refractivity contribution in [2.45, 2.75) is 12.6 Å². The summed E-state index contributed by atoms with van der Waals surface area (Å²) in [6, 6.07) is 25.3. The Balaban J connectivity index is 1.35. The number of nitrogens with one attached hydrogen (secondary N) is 1. The van der Waals surface area contributed by atoms with Crippen molar-refractivity contribution >= 4 is 5.91 Å². The summed E-state index contributed by atoms with van der Waals surface area (Å²) < 4.78 is 5.26. The molecule has 2 heterocycles. The van der Waals surface area contributed by atoms with E-state index in [1.54, 1.807) is 6.26 Å². The molecule has 5 nitrogen and oxygen atoms in total. The van der Waals surface area contributed by atoms with Crippen LogP contribution in [0.15, 0.2) is 83.5 Å². The predicted octanol–water partition coefficient (Wildman–Crippen LogP) is 3.30. The Bertz CT molecular complexity index is 834. The van der Waals surface area contributed by atoms with Crippen LogP contribution in [0, 0.1) is 0 Å². The van der Waals surface area contributed by atoms with E-state index in [1.165, 1.54) is 11.1 Å². The molecule has 150 valence electrons. The van der Waals surface area contributed by atoms with Gasteiger partial charge in [-0.15, -0.1) is 0 Å². The Morgan fingerprint density at radius 2 is 1.48 bits per heavy atom. The van der Waals surface area contributed by atoms with Crippen molar-refractivity contribution in [2.24, 2.45) is 0 Å². The molecule has 1 fully saturated rings. The number of hydrogen-bond acceptors (Lipinski definition) is 4. The minimum Gasteiger partial charge on any atom is -0.467 e. The highest BCUT2D eigenvalue weighted by Gasteiger charge is 2.26. The van der Waals surface area contributed by atoms with Crippen LogP contribution in [0.4, 0.5) is 0 Å². The number of carbonyl (C=O) groups excluding carboxylic acids is 1. The Hall–Kier alpha value is -2.89. The monoisotopic (exact) mass is 389 g/mol. The van der Waals surface area contributed by atoms with E-state index in [0.29, 0.717) is 13.1 Å². The quantitative estimate of drug-likeness (QED) is 0.674. The van der Waals surface area contributed by atoms with Crippen molar-refractivity contribution in [3.8, 4) is 0 Å². The summed E-state index contributed by atoms with van der Waals surface area (Å²) in [5.41, 5.74) is 2.62. The van der Waals surface area contributed by atoms with Gasteiger partial charge in [0.25, 0.3) is 0 Å². The van der Waals surface area contributed by atoms with E-state index < -0.39 is 0 Å². The fourth-order valence-electron chi connectivity index (χ4n) is 3.92. The van der Waals surface area contributed by atoms with Crippen molar-refractivity contribution < 1.29 is 9.21 Å². The third kappa shape index (κ3) is 5.13. The van der Waals surface area contributed by atoms with Crippen LogP contribution in [-0.4, -0.2) is 48.4 Å². The summed E-state index contributed by atoms with van der Waals surface area (Å²) in [4.78, 5) is 17.0. The summed E-state index contributed by atoms with van der Waals surface area (Å²) >= 11 is 0. The number of carbonyl (C=O) groups is 1. The van der Waals surface area contributed by atoms with Crippen LogP contribution in [0.5, 0.6) is 0 Å². The average molecular weight is 389 g/mol. The Morgan fingerprint density at radius 1 is 0.862 bits per heavy atom. The van der Waals surface area contributed by atoms with Gasteiger partial charge < -0.3 is 9.73 Å². The van der Waals surface area contributed by atoms with Gasteiger partial charge in [-0.2, -0.15) is 0 Å². The third-order valence-electron chi connectivity index (χ3n) is 5.41. The van der Waals surface area contributed by atoms with E-state index in [9.17, 15) is 4.79 Å². The number of amides is 1. The lowest BCUT2D eigenvalue weighted by atomic mass is 9.96. The number of nitrogens with zero attached hydrogens (tertiary/aromatic N) is 2. The van der Waals surface area contributed by atoms with Gasteiger partial charge in [0.15, 0.2) is 0 Å². The number of hydrogen-bond donors (Lipinski definition) is 1. The first-order valence-electron chi connectivity index (χ1n) is 10.1. The van der Waals surface area contributed by atoms with Gasteiger partial charge in [-0.1, -0.05) is 60.7 Å². The maximum Gasteiger partial charge on any atom is 0.234 e. The molecular formula is C24H27N3O2. The maximum atomic E-state index is 12.3. The summed E-state index contributed by atoms with van der Waals surface area (Å²) in [5.74, 6) is 0.814. The molecule has 0 atom stereocenters. The van der Waals surface area contributed by atoms with E-state index in [1.807, 2.05) is 12.1 Å². The van der Waals surface area contributed by atoms with Crippen LogP contribution in [0.3, 0.4) is 0 Å². The molecule has 0 spiro atoms. The van der Waals surface area contributed by atoms with Crippen LogP contribution in [0.25, 0.3) is 0 Å². The van der Waals surface area contributed by atoms with Crippen molar-refractivity contribution in [1.82, 2.24) is 15.1 Å². The first-order valence-corrected chi connectivity index (χ1v) is 10.1. The topological polar surface area (TPSA) is 48.7 Å². The van der Waals surface area contributed by atoms with Gasteiger partial charge in [0.1, 0.15) is 5.76 Å². The SMILES string of the molecule is O=C(CN1CCN(C(c2ccccc2)c2ccccc2)CC1)NCc1ccco1. The van der Waals surface area contributed by atoms with Gasteiger partial charge in [0.2, 0.25) is 5.91 Å². The predicted molar refractivity (Wildman–Crippen MR) is 113 cm³/mol. The Labute approximate surface area is 171 Å². The number of piperazine rings is 1. The summed E-state index contributed by atoms with van der Waals surface area (Å²) in [6.07, 6.45) is 1.62. The average Bonchev–Trinajstić information content (AvgIpc) is 3.29. The minimum absolute atomic E-state index is 0.0394. The highest BCUT2D eigenvalue weighted by atomic mass is 16.3. The lowest BCUT2D eigenvalue weighted by Crippen LogP contribution is -2.50. The molecule has 1 amide bonds. The molecule has 0 saturated carbocycles. The molecule has 1 saturated heterocycles. The van der Waals surface area contributed by atoms with Gasteiger partial charge in [-0.25, -0.2) is 0 Å². The smallest absolute Gasteiger partial charge is 0.234 e. The van der Waals surface area contributed by atoms with Crippen molar-refractivity contribution in [3.05, 3.63) is 95.9 Å². The zero-order chi connectivity index (χ0) is 19.9. The molecule has 1 N–H and O–H groups in total. The second-order valence-electron chi connectivity index (χ2n) is 7.39. The van der Waals surface area contributed by atoms with Crippen molar-refractivity contribution in [2.75, 3.05) is 32.7 Å². The van der Waals surface area contributed by atoms with Gasteiger partial charge in [0.05, 0.1) is 25.4 Å². The Morgan fingerprint density at radius 3 is 2.03 bits per heavy atom. The van der Waals surface area contributed by atoms with Gasteiger partial charge in [-0.3, -0.25) is 14.6 Å². The number of furan rings is 1. The number of rotatable bonds is 7. The fourth-order valence-corrected chi connectivity index (χ4v) is 3.92. The fraction of sp³-hybridized carbons (Fsp3) is 0.292.